The van der Waals surface area contributed by atoms with E-state index in [4.69, 9.17) is 0 Å². The molecule has 3 nitrogen and oxygen atoms in total. The molecule has 1 aromatic rings. The molecule has 1 aliphatic heterocycles. The predicted octanol–water partition coefficient (Wildman–Crippen LogP) is 1.76. The van der Waals surface area contributed by atoms with Crippen molar-refractivity contribution in [2.75, 3.05) is 13.1 Å². The second-order valence-corrected chi connectivity index (χ2v) is 4.92. The molecule has 2 heterocycles. The minimum absolute atomic E-state index is 0.646. The van der Waals surface area contributed by atoms with Gasteiger partial charge in [-0.05, 0) is 38.1 Å². The fraction of sp³-hybridized carbons (Fsp3) is 0.750. The molecule has 0 radical (unpaired) electrons. The van der Waals surface area contributed by atoms with E-state index in [9.17, 15) is 0 Å². The number of nitrogens with one attached hydrogen (secondary N) is 1. The average Bonchev–Trinajstić information content (AvgIpc) is 2.96. The molecule has 1 saturated heterocycles. The Labute approximate surface area is 90.9 Å². The molecule has 3 rings (SSSR count). The first-order chi connectivity index (χ1) is 7.43. The Kier molecular flexibility index (Phi) is 2.49. The molecule has 0 bridgehead atoms. The molecule has 0 unspecified atom stereocenters. The molecule has 1 N–H and O–H groups in total. The van der Waals surface area contributed by atoms with E-state index >= 15 is 0 Å². The number of piperidine rings is 1. The Morgan fingerprint density at radius 3 is 3.07 bits per heavy atom. The van der Waals surface area contributed by atoms with Crippen LogP contribution in [0.15, 0.2) is 12.4 Å². The van der Waals surface area contributed by atoms with E-state index < -0.39 is 0 Å². The minimum Gasteiger partial charge on any atom is -0.334 e. The zero-order chi connectivity index (χ0) is 10.1. The molecule has 1 aromatic heterocycles. The number of nitrogens with zero attached hydrogens (tertiary/aromatic N) is 2. The summed E-state index contributed by atoms with van der Waals surface area (Å²) in [5.41, 5.74) is 0. The summed E-state index contributed by atoms with van der Waals surface area (Å²) < 4.78 is 2.38. The maximum atomic E-state index is 4.54. The molecular weight excluding hydrogens is 186 g/mol. The normalized spacial score (nSPS) is 26.8. The highest BCUT2D eigenvalue weighted by molar-refractivity contribution is 5.03. The standard InChI is InChI=1S/C12H19N3/c1-2-11(8-13-5-1)12-14-6-7-15(12)9-10-3-4-10/h6-7,10-11,13H,1-5,8-9H2/t11-/m1/s1. The summed E-state index contributed by atoms with van der Waals surface area (Å²) in [5.74, 6) is 2.90. The molecule has 1 aliphatic carbocycles. The number of hydrogen-bond donors (Lipinski definition) is 1. The monoisotopic (exact) mass is 205 g/mol. The van der Waals surface area contributed by atoms with Gasteiger partial charge in [0, 0.05) is 31.4 Å². The highest BCUT2D eigenvalue weighted by Crippen LogP contribution is 2.32. The largest absolute Gasteiger partial charge is 0.334 e. The Morgan fingerprint density at radius 1 is 1.40 bits per heavy atom. The van der Waals surface area contributed by atoms with E-state index in [1.807, 2.05) is 6.20 Å². The van der Waals surface area contributed by atoms with Crippen molar-refractivity contribution in [3.63, 3.8) is 0 Å². The van der Waals surface area contributed by atoms with Crippen LogP contribution in [0.5, 0.6) is 0 Å². The van der Waals surface area contributed by atoms with Crippen LogP contribution in [0.4, 0.5) is 0 Å². The number of imidazole rings is 1. The molecule has 82 valence electrons. The summed E-state index contributed by atoms with van der Waals surface area (Å²) in [5, 5.41) is 3.47. The van der Waals surface area contributed by atoms with Crippen LogP contribution < -0.4 is 5.32 Å². The van der Waals surface area contributed by atoms with Gasteiger partial charge in [-0.15, -0.1) is 0 Å². The fourth-order valence-electron chi connectivity index (χ4n) is 2.49. The van der Waals surface area contributed by atoms with Crippen LogP contribution >= 0.6 is 0 Å². The van der Waals surface area contributed by atoms with Crippen LogP contribution in [-0.4, -0.2) is 22.6 Å². The maximum absolute atomic E-state index is 4.54. The van der Waals surface area contributed by atoms with Crippen molar-refractivity contribution < 1.29 is 0 Å². The minimum atomic E-state index is 0.646. The molecular formula is C12H19N3. The van der Waals surface area contributed by atoms with Gasteiger partial charge in [0.1, 0.15) is 5.82 Å². The summed E-state index contributed by atoms with van der Waals surface area (Å²) in [7, 11) is 0. The van der Waals surface area contributed by atoms with Crippen LogP contribution in [0.25, 0.3) is 0 Å². The van der Waals surface area contributed by atoms with E-state index in [1.165, 1.54) is 44.6 Å². The van der Waals surface area contributed by atoms with Crippen molar-refractivity contribution in [2.24, 2.45) is 5.92 Å². The van der Waals surface area contributed by atoms with Crippen LogP contribution in [0, 0.1) is 5.92 Å². The molecule has 1 saturated carbocycles. The molecule has 2 fully saturated rings. The van der Waals surface area contributed by atoms with Gasteiger partial charge in [0.05, 0.1) is 0 Å². The van der Waals surface area contributed by atoms with Crippen LogP contribution in [0.1, 0.15) is 37.4 Å². The second-order valence-electron chi connectivity index (χ2n) is 4.92. The highest BCUT2D eigenvalue weighted by Gasteiger charge is 2.25. The third-order valence-corrected chi connectivity index (χ3v) is 3.56. The van der Waals surface area contributed by atoms with Crippen molar-refractivity contribution in [3.8, 4) is 0 Å². The Hall–Kier alpha value is -0.830. The summed E-state index contributed by atoms with van der Waals surface area (Å²) in [6.07, 6.45) is 9.55. The van der Waals surface area contributed by atoms with E-state index in [0.717, 1.165) is 12.5 Å². The van der Waals surface area contributed by atoms with Crippen LogP contribution in [0.2, 0.25) is 0 Å². The second kappa shape index (κ2) is 3.97. The highest BCUT2D eigenvalue weighted by atomic mass is 15.1. The third-order valence-electron chi connectivity index (χ3n) is 3.56. The lowest BCUT2D eigenvalue weighted by Gasteiger charge is -2.23. The zero-order valence-corrected chi connectivity index (χ0v) is 9.15. The predicted molar refractivity (Wildman–Crippen MR) is 59.8 cm³/mol. The molecule has 2 aliphatic rings. The molecule has 0 amide bonds. The number of aromatic nitrogens is 2. The lowest BCUT2D eigenvalue weighted by Crippen LogP contribution is -2.30. The van der Waals surface area contributed by atoms with Gasteiger partial charge >= 0.3 is 0 Å². The van der Waals surface area contributed by atoms with Gasteiger partial charge in [0.15, 0.2) is 0 Å². The third kappa shape index (κ3) is 2.07. The van der Waals surface area contributed by atoms with Crippen molar-refractivity contribution in [1.29, 1.82) is 0 Å². The summed E-state index contributed by atoms with van der Waals surface area (Å²) in [6.45, 7) is 3.49. The van der Waals surface area contributed by atoms with E-state index in [-0.39, 0.29) is 0 Å². The Morgan fingerprint density at radius 2 is 2.33 bits per heavy atom. The van der Waals surface area contributed by atoms with Crippen molar-refractivity contribution in [3.05, 3.63) is 18.2 Å². The smallest absolute Gasteiger partial charge is 0.113 e. The Balaban J connectivity index is 1.73. The Bertz CT molecular complexity index is 321. The van der Waals surface area contributed by atoms with Crippen LogP contribution in [-0.2, 0) is 6.54 Å². The lowest BCUT2D eigenvalue weighted by atomic mass is 9.99. The van der Waals surface area contributed by atoms with Crippen molar-refractivity contribution in [2.45, 2.75) is 38.1 Å². The summed E-state index contributed by atoms with van der Waals surface area (Å²) >= 11 is 0. The van der Waals surface area contributed by atoms with Gasteiger partial charge in [0.25, 0.3) is 0 Å². The first-order valence-corrected chi connectivity index (χ1v) is 6.15. The number of hydrogen-bond acceptors (Lipinski definition) is 2. The fourth-order valence-corrected chi connectivity index (χ4v) is 2.49. The summed E-state index contributed by atoms with van der Waals surface area (Å²) in [6, 6.07) is 0. The van der Waals surface area contributed by atoms with Gasteiger partial charge < -0.3 is 9.88 Å². The first-order valence-electron chi connectivity index (χ1n) is 6.15. The van der Waals surface area contributed by atoms with E-state index in [1.54, 1.807) is 0 Å². The average molecular weight is 205 g/mol. The maximum Gasteiger partial charge on any atom is 0.113 e. The first kappa shape index (κ1) is 9.40. The molecule has 3 heteroatoms. The quantitative estimate of drug-likeness (QED) is 0.815. The SMILES string of the molecule is c1cn(CC2CC2)c([C@@H]2CCCNC2)n1. The van der Waals surface area contributed by atoms with Gasteiger partial charge in [-0.25, -0.2) is 4.98 Å². The zero-order valence-electron chi connectivity index (χ0n) is 9.15. The number of rotatable bonds is 3. The van der Waals surface area contributed by atoms with E-state index in [0.29, 0.717) is 5.92 Å². The molecule has 15 heavy (non-hydrogen) atoms. The molecule has 0 aromatic carbocycles. The van der Waals surface area contributed by atoms with Crippen molar-refractivity contribution >= 4 is 0 Å². The summed E-state index contributed by atoms with van der Waals surface area (Å²) in [4.78, 5) is 4.54. The topological polar surface area (TPSA) is 29.9 Å². The van der Waals surface area contributed by atoms with Crippen molar-refractivity contribution in [1.82, 2.24) is 14.9 Å². The lowest BCUT2D eigenvalue weighted by molar-refractivity contribution is 0.428. The van der Waals surface area contributed by atoms with Gasteiger partial charge in [0.2, 0.25) is 0 Å². The van der Waals surface area contributed by atoms with E-state index in [2.05, 4.69) is 21.1 Å². The molecule has 0 spiro atoms. The molecule has 1 atom stereocenters. The van der Waals surface area contributed by atoms with Crippen LogP contribution in [0.3, 0.4) is 0 Å². The van der Waals surface area contributed by atoms with Gasteiger partial charge in [-0.1, -0.05) is 0 Å². The van der Waals surface area contributed by atoms with Gasteiger partial charge in [-0.3, -0.25) is 0 Å². The van der Waals surface area contributed by atoms with Gasteiger partial charge in [-0.2, -0.15) is 0 Å².